The Balaban J connectivity index is 2.25. The SMILES string of the molecule is CC(Cc1ccccc1Cl)C(=O)NCC=CCNC(=O)OC(C)(C)C. The molecule has 1 aromatic carbocycles. The molecule has 1 rings (SSSR count). The van der Waals surface area contributed by atoms with Crippen molar-refractivity contribution in [3.05, 3.63) is 47.0 Å². The van der Waals surface area contributed by atoms with Crippen molar-refractivity contribution in [1.29, 1.82) is 0 Å². The number of benzene rings is 1. The highest BCUT2D eigenvalue weighted by molar-refractivity contribution is 6.31. The highest BCUT2D eigenvalue weighted by Crippen LogP contribution is 2.18. The van der Waals surface area contributed by atoms with Crippen LogP contribution in [0.2, 0.25) is 5.02 Å². The van der Waals surface area contributed by atoms with Gasteiger partial charge in [0.2, 0.25) is 5.91 Å². The molecular weight excluding hydrogens is 340 g/mol. The number of nitrogens with one attached hydrogen (secondary N) is 2. The van der Waals surface area contributed by atoms with E-state index in [0.717, 1.165) is 5.56 Å². The van der Waals surface area contributed by atoms with E-state index in [1.165, 1.54) is 0 Å². The monoisotopic (exact) mass is 366 g/mol. The number of ether oxygens (including phenoxy) is 1. The fourth-order valence-corrected chi connectivity index (χ4v) is 2.26. The van der Waals surface area contributed by atoms with Crippen LogP contribution in [0, 0.1) is 5.92 Å². The van der Waals surface area contributed by atoms with Gasteiger partial charge in [0.1, 0.15) is 5.60 Å². The largest absolute Gasteiger partial charge is 0.444 e. The zero-order valence-electron chi connectivity index (χ0n) is 15.3. The van der Waals surface area contributed by atoms with E-state index in [2.05, 4.69) is 10.6 Å². The summed E-state index contributed by atoms with van der Waals surface area (Å²) in [4.78, 5) is 23.5. The molecule has 0 radical (unpaired) electrons. The van der Waals surface area contributed by atoms with Crippen molar-refractivity contribution < 1.29 is 14.3 Å². The first kappa shape index (κ1) is 21.0. The van der Waals surface area contributed by atoms with Crippen LogP contribution in [0.1, 0.15) is 33.3 Å². The smallest absolute Gasteiger partial charge is 0.407 e. The van der Waals surface area contributed by atoms with Gasteiger partial charge in [-0.25, -0.2) is 4.79 Å². The summed E-state index contributed by atoms with van der Waals surface area (Å²) in [6, 6.07) is 7.52. The van der Waals surface area contributed by atoms with Crippen molar-refractivity contribution in [2.45, 2.75) is 39.7 Å². The van der Waals surface area contributed by atoms with Crippen LogP contribution in [0.3, 0.4) is 0 Å². The van der Waals surface area contributed by atoms with Crippen molar-refractivity contribution in [3.8, 4) is 0 Å². The normalized spacial score (nSPS) is 12.7. The number of carbonyl (C=O) groups excluding carboxylic acids is 2. The average Bonchev–Trinajstić information content (AvgIpc) is 2.50. The van der Waals surface area contributed by atoms with E-state index in [4.69, 9.17) is 16.3 Å². The van der Waals surface area contributed by atoms with Crippen LogP contribution in [0.15, 0.2) is 36.4 Å². The fourth-order valence-electron chi connectivity index (χ4n) is 2.04. The maximum atomic E-state index is 12.1. The quantitative estimate of drug-likeness (QED) is 0.723. The molecule has 1 unspecified atom stereocenters. The first-order valence-electron chi connectivity index (χ1n) is 8.32. The van der Waals surface area contributed by atoms with E-state index in [1.54, 1.807) is 12.2 Å². The molecule has 1 atom stereocenters. The van der Waals surface area contributed by atoms with Crippen LogP contribution in [-0.2, 0) is 16.0 Å². The standard InChI is InChI=1S/C19H27ClN2O3/c1-14(13-15-9-5-6-10-16(15)20)17(23)21-11-7-8-12-22-18(24)25-19(2,3)4/h5-10,14H,11-13H2,1-4H3,(H,21,23)(H,22,24). The van der Waals surface area contributed by atoms with E-state index in [0.29, 0.717) is 24.5 Å². The van der Waals surface area contributed by atoms with Gasteiger partial charge < -0.3 is 15.4 Å². The summed E-state index contributed by atoms with van der Waals surface area (Å²) in [5.74, 6) is -0.210. The van der Waals surface area contributed by atoms with Crippen molar-refractivity contribution in [2.24, 2.45) is 5.92 Å². The molecule has 0 aliphatic rings. The molecule has 6 heteroatoms. The van der Waals surface area contributed by atoms with Gasteiger partial charge in [-0.3, -0.25) is 4.79 Å². The van der Waals surface area contributed by atoms with Crippen LogP contribution in [0.25, 0.3) is 0 Å². The van der Waals surface area contributed by atoms with E-state index >= 15 is 0 Å². The summed E-state index contributed by atoms with van der Waals surface area (Å²) >= 11 is 6.11. The number of carbonyl (C=O) groups is 2. The Morgan fingerprint density at radius 2 is 1.76 bits per heavy atom. The average molecular weight is 367 g/mol. The first-order chi connectivity index (χ1) is 11.7. The van der Waals surface area contributed by atoms with Gasteiger partial charge in [0, 0.05) is 24.0 Å². The number of amides is 2. The Kier molecular flexibility index (Phi) is 8.49. The number of halogens is 1. The predicted octanol–water partition coefficient (Wildman–Crippen LogP) is 3.72. The summed E-state index contributed by atoms with van der Waals surface area (Å²) in [6.45, 7) is 8.04. The molecule has 0 fully saturated rings. The van der Waals surface area contributed by atoms with Gasteiger partial charge >= 0.3 is 6.09 Å². The van der Waals surface area contributed by atoms with Crippen LogP contribution >= 0.6 is 11.6 Å². The van der Waals surface area contributed by atoms with Crippen molar-refractivity contribution in [3.63, 3.8) is 0 Å². The second kappa shape index (κ2) is 10.1. The third-order valence-corrected chi connectivity index (χ3v) is 3.62. The minimum Gasteiger partial charge on any atom is -0.444 e. The minimum atomic E-state index is -0.514. The van der Waals surface area contributed by atoms with Crippen molar-refractivity contribution >= 4 is 23.6 Å². The van der Waals surface area contributed by atoms with E-state index in [9.17, 15) is 9.59 Å². The third-order valence-electron chi connectivity index (χ3n) is 3.26. The lowest BCUT2D eigenvalue weighted by atomic mass is 10.0. The molecule has 2 N–H and O–H groups in total. The molecule has 0 aromatic heterocycles. The zero-order chi connectivity index (χ0) is 18.9. The molecule has 0 saturated carbocycles. The lowest BCUT2D eigenvalue weighted by molar-refractivity contribution is -0.124. The molecule has 5 nitrogen and oxygen atoms in total. The second-order valence-corrected chi connectivity index (χ2v) is 7.20. The topological polar surface area (TPSA) is 67.4 Å². The fraction of sp³-hybridized carbons (Fsp3) is 0.474. The molecular formula is C19H27ClN2O3. The summed E-state index contributed by atoms with van der Waals surface area (Å²) < 4.78 is 5.12. The number of hydrogen-bond donors (Lipinski definition) is 2. The molecule has 1 aromatic rings. The lowest BCUT2D eigenvalue weighted by Gasteiger charge is -2.19. The highest BCUT2D eigenvalue weighted by Gasteiger charge is 2.15. The number of alkyl carbamates (subject to hydrolysis) is 1. The van der Waals surface area contributed by atoms with Gasteiger partial charge in [-0.1, -0.05) is 48.9 Å². The molecule has 0 bridgehead atoms. The van der Waals surface area contributed by atoms with Gasteiger partial charge in [-0.15, -0.1) is 0 Å². The summed E-state index contributed by atoms with van der Waals surface area (Å²) in [5, 5.41) is 6.13. The van der Waals surface area contributed by atoms with Crippen LogP contribution in [0.5, 0.6) is 0 Å². The Morgan fingerprint density at radius 3 is 2.36 bits per heavy atom. The minimum absolute atomic E-state index is 0.0373. The predicted molar refractivity (Wildman–Crippen MR) is 101 cm³/mol. The zero-order valence-corrected chi connectivity index (χ0v) is 16.0. The molecule has 0 aliphatic carbocycles. The molecule has 0 heterocycles. The molecule has 0 saturated heterocycles. The number of hydrogen-bond acceptors (Lipinski definition) is 3. The van der Waals surface area contributed by atoms with Gasteiger partial charge in [-0.2, -0.15) is 0 Å². The van der Waals surface area contributed by atoms with Crippen LogP contribution < -0.4 is 10.6 Å². The Morgan fingerprint density at radius 1 is 1.16 bits per heavy atom. The van der Waals surface area contributed by atoms with Gasteiger partial charge in [0.05, 0.1) is 0 Å². The maximum Gasteiger partial charge on any atom is 0.407 e. The number of rotatable bonds is 7. The molecule has 138 valence electrons. The van der Waals surface area contributed by atoms with Gasteiger partial charge in [-0.05, 0) is 38.8 Å². The van der Waals surface area contributed by atoms with E-state index in [-0.39, 0.29) is 11.8 Å². The molecule has 2 amide bonds. The van der Waals surface area contributed by atoms with Crippen molar-refractivity contribution in [1.82, 2.24) is 10.6 Å². The maximum absolute atomic E-state index is 12.1. The van der Waals surface area contributed by atoms with Gasteiger partial charge in [0.15, 0.2) is 0 Å². The van der Waals surface area contributed by atoms with E-state index < -0.39 is 11.7 Å². The lowest BCUT2D eigenvalue weighted by Crippen LogP contribution is -2.32. The Hall–Kier alpha value is -2.01. The molecule has 0 aliphatic heterocycles. The Labute approximate surface area is 154 Å². The first-order valence-corrected chi connectivity index (χ1v) is 8.70. The third kappa shape index (κ3) is 9.15. The van der Waals surface area contributed by atoms with Crippen LogP contribution in [-0.4, -0.2) is 30.7 Å². The second-order valence-electron chi connectivity index (χ2n) is 6.80. The molecule has 0 spiro atoms. The Bertz CT molecular complexity index is 609. The summed E-state index contributed by atoms with van der Waals surface area (Å²) in [5.41, 5.74) is 0.448. The van der Waals surface area contributed by atoms with Crippen LogP contribution in [0.4, 0.5) is 4.79 Å². The van der Waals surface area contributed by atoms with Gasteiger partial charge in [0.25, 0.3) is 0 Å². The van der Waals surface area contributed by atoms with E-state index in [1.807, 2.05) is 52.0 Å². The summed E-state index contributed by atoms with van der Waals surface area (Å²) in [7, 11) is 0. The summed E-state index contributed by atoms with van der Waals surface area (Å²) in [6.07, 6.45) is 3.69. The highest BCUT2D eigenvalue weighted by atomic mass is 35.5. The molecule has 25 heavy (non-hydrogen) atoms. The van der Waals surface area contributed by atoms with Crippen molar-refractivity contribution in [2.75, 3.05) is 13.1 Å².